The van der Waals surface area contributed by atoms with Gasteiger partial charge in [-0.25, -0.2) is 9.78 Å². The van der Waals surface area contributed by atoms with Gasteiger partial charge in [0.15, 0.2) is 0 Å². The fraction of sp³-hybridized carbons (Fsp3) is 0.290. The molecule has 8 nitrogen and oxygen atoms in total. The number of aromatic nitrogens is 4. The van der Waals surface area contributed by atoms with E-state index in [0.29, 0.717) is 22.6 Å². The van der Waals surface area contributed by atoms with Gasteiger partial charge >= 0.3 is 5.97 Å². The molecule has 0 amide bonds. The molecule has 1 N–H and O–H groups in total. The van der Waals surface area contributed by atoms with Crippen molar-refractivity contribution in [1.82, 2.24) is 19.2 Å². The van der Waals surface area contributed by atoms with Crippen molar-refractivity contribution in [2.45, 2.75) is 53.2 Å². The summed E-state index contributed by atoms with van der Waals surface area (Å²) < 4.78 is 9.05. The number of carbonyl (C=O) groups excluding carboxylic acids is 1. The second kappa shape index (κ2) is 9.69. The number of nitrogens with zero attached hydrogens (tertiary/aromatic N) is 4. The Labute approximate surface area is 227 Å². The van der Waals surface area contributed by atoms with E-state index in [9.17, 15) is 9.59 Å². The van der Waals surface area contributed by atoms with Crippen LogP contribution < -0.4 is 10.9 Å². The van der Waals surface area contributed by atoms with Crippen LogP contribution in [-0.2, 0) is 11.8 Å². The average Bonchev–Trinajstić information content (AvgIpc) is 3.15. The van der Waals surface area contributed by atoms with Gasteiger partial charge in [-0.1, -0.05) is 18.2 Å². The van der Waals surface area contributed by atoms with E-state index in [0.717, 1.165) is 33.3 Å². The number of fused-ring (bicyclic) bond motifs is 2. The molecule has 5 aromatic rings. The molecule has 0 aliphatic carbocycles. The van der Waals surface area contributed by atoms with E-state index in [1.54, 1.807) is 22.7 Å². The van der Waals surface area contributed by atoms with Crippen molar-refractivity contribution >= 4 is 28.2 Å². The smallest absolute Gasteiger partial charge is 0.340 e. The number of anilines is 1. The monoisotopic (exact) mass is 523 g/mol. The number of benzene rings is 2. The van der Waals surface area contributed by atoms with Gasteiger partial charge in [0, 0.05) is 41.5 Å². The minimum Gasteiger partial charge on any atom is -0.456 e. The highest BCUT2D eigenvalue weighted by Gasteiger charge is 2.22. The molecule has 39 heavy (non-hydrogen) atoms. The number of hydrogen-bond acceptors (Lipinski definition) is 6. The highest BCUT2D eigenvalue weighted by atomic mass is 16.6. The minimum absolute atomic E-state index is 0.163. The first-order valence-corrected chi connectivity index (χ1v) is 13.0. The van der Waals surface area contributed by atoms with Crippen molar-refractivity contribution in [3.05, 3.63) is 93.5 Å². The van der Waals surface area contributed by atoms with Gasteiger partial charge in [-0.05, 0) is 77.4 Å². The van der Waals surface area contributed by atoms with Crippen LogP contribution in [-0.4, -0.2) is 30.7 Å². The Morgan fingerprint density at radius 2 is 1.79 bits per heavy atom. The fourth-order valence-corrected chi connectivity index (χ4v) is 4.87. The summed E-state index contributed by atoms with van der Waals surface area (Å²) in [6.07, 6.45) is 1.80. The Hall–Kier alpha value is -4.46. The zero-order valence-electron chi connectivity index (χ0n) is 23.4. The molecule has 0 bridgehead atoms. The number of ether oxygens (including phenoxy) is 1. The maximum absolute atomic E-state index is 13.3. The third-order valence-corrected chi connectivity index (χ3v) is 6.64. The van der Waals surface area contributed by atoms with Crippen molar-refractivity contribution in [1.29, 1.82) is 0 Å². The number of hydrogen-bond donors (Lipinski definition) is 1. The summed E-state index contributed by atoms with van der Waals surface area (Å²) in [6, 6.07) is 16.6. The van der Waals surface area contributed by atoms with E-state index in [2.05, 4.69) is 10.4 Å². The molecule has 0 spiro atoms. The SMILES string of the molecule is Cc1cc([C@H](C)Nc2ccccc2C(=O)OC(C)(C)C)c2nc(-c3ccc4c(c3)c(C)nn4C)cc(=O)n2c1. The molecule has 2 aromatic carbocycles. The Morgan fingerprint density at radius 3 is 2.54 bits per heavy atom. The first-order chi connectivity index (χ1) is 18.4. The summed E-state index contributed by atoms with van der Waals surface area (Å²) in [6.45, 7) is 11.4. The van der Waals surface area contributed by atoms with Crippen molar-refractivity contribution < 1.29 is 9.53 Å². The van der Waals surface area contributed by atoms with Gasteiger partial charge in [-0.2, -0.15) is 5.10 Å². The summed E-state index contributed by atoms with van der Waals surface area (Å²) in [4.78, 5) is 31.2. The molecule has 0 saturated heterocycles. The Bertz CT molecular complexity index is 1790. The second-order valence-corrected chi connectivity index (χ2v) is 11.0. The van der Waals surface area contributed by atoms with Crippen LogP contribution in [0.2, 0.25) is 0 Å². The number of pyridine rings is 1. The number of rotatable bonds is 5. The van der Waals surface area contributed by atoms with Gasteiger partial charge in [0.05, 0.1) is 28.5 Å². The van der Waals surface area contributed by atoms with Crippen LogP contribution in [0.1, 0.15) is 60.9 Å². The summed E-state index contributed by atoms with van der Waals surface area (Å²) in [7, 11) is 1.92. The first-order valence-electron chi connectivity index (χ1n) is 13.0. The Balaban J connectivity index is 1.58. The normalized spacial score (nSPS) is 12.6. The summed E-state index contributed by atoms with van der Waals surface area (Å²) in [5.41, 5.74) is 6.03. The lowest BCUT2D eigenvalue weighted by atomic mass is 10.0. The topological polar surface area (TPSA) is 90.5 Å². The molecule has 3 aromatic heterocycles. The highest BCUT2D eigenvalue weighted by Crippen LogP contribution is 2.29. The zero-order chi connectivity index (χ0) is 28.1. The van der Waals surface area contributed by atoms with Crippen LogP contribution in [0.25, 0.3) is 27.8 Å². The highest BCUT2D eigenvalue weighted by molar-refractivity contribution is 5.96. The number of para-hydroxylation sites is 1. The number of esters is 1. The van der Waals surface area contributed by atoms with Gasteiger partial charge in [0.1, 0.15) is 11.2 Å². The molecule has 0 fully saturated rings. The quantitative estimate of drug-likeness (QED) is 0.285. The van der Waals surface area contributed by atoms with Crippen LogP contribution in [0.4, 0.5) is 5.69 Å². The van der Waals surface area contributed by atoms with Crippen molar-refractivity contribution in [3.8, 4) is 11.3 Å². The van der Waals surface area contributed by atoms with E-state index in [-0.39, 0.29) is 11.6 Å². The van der Waals surface area contributed by atoms with Crippen molar-refractivity contribution in [2.75, 3.05) is 5.32 Å². The van der Waals surface area contributed by atoms with Gasteiger partial charge in [0.25, 0.3) is 5.56 Å². The molecule has 0 unspecified atom stereocenters. The van der Waals surface area contributed by atoms with Gasteiger partial charge in [-0.3, -0.25) is 13.9 Å². The van der Waals surface area contributed by atoms with Gasteiger partial charge < -0.3 is 10.1 Å². The standard InChI is InChI=1S/C31H33N5O3/c1-18-14-24(19(2)32-25-11-9-8-10-22(25)30(38)39-31(4,5)6)29-33-26(16-28(37)36(29)17-18)21-12-13-27-23(15-21)20(3)34-35(27)7/h8-17,19,32H,1-7H3/t19-/m0/s1. The molecule has 5 rings (SSSR count). The van der Waals surface area contributed by atoms with Crippen LogP contribution in [0.15, 0.2) is 65.6 Å². The molecule has 200 valence electrons. The van der Waals surface area contributed by atoms with Crippen LogP contribution in [0.3, 0.4) is 0 Å². The lowest BCUT2D eigenvalue weighted by Crippen LogP contribution is -2.25. The minimum atomic E-state index is -0.610. The van der Waals surface area contributed by atoms with E-state index >= 15 is 0 Å². The largest absolute Gasteiger partial charge is 0.456 e. The maximum Gasteiger partial charge on any atom is 0.340 e. The number of nitrogens with one attached hydrogen (secondary N) is 1. The third kappa shape index (κ3) is 5.14. The van der Waals surface area contributed by atoms with Gasteiger partial charge in [0.2, 0.25) is 0 Å². The van der Waals surface area contributed by atoms with E-state index in [1.165, 1.54) is 0 Å². The second-order valence-electron chi connectivity index (χ2n) is 11.0. The predicted molar refractivity (Wildman–Crippen MR) is 154 cm³/mol. The van der Waals surface area contributed by atoms with Crippen molar-refractivity contribution in [2.24, 2.45) is 7.05 Å². The average molecular weight is 524 g/mol. The van der Waals surface area contributed by atoms with E-state index in [1.807, 2.05) is 95.7 Å². The van der Waals surface area contributed by atoms with Crippen LogP contribution in [0, 0.1) is 13.8 Å². The molecule has 0 aliphatic rings. The summed E-state index contributed by atoms with van der Waals surface area (Å²) in [5, 5.41) is 8.99. The molecule has 0 aliphatic heterocycles. The first kappa shape index (κ1) is 26.2. The maximum atomic E-state index is 13.3. The fourth-order valence-electron chi connectivity index (χ4n) is 4.87. The molecule has 1 atom stereocenters. The molecule has 3 heterocycles. The summed E-state index contributed by atoms with van der Waals surface area (Å²) in [5.74, 6) is -0.399. The molecular weight excluding hydrogens is 490 g/mol. The number of carbonyl (C=O) groups is 1. The summed E-state index contributed by atoms with van der Waals surface area (Å²) >= 11 is 0. The molecule has 0 saturated carbocycles. The third-order valence-electron chi connectivity index (χ3n) is 6.64. The van der Waals surface area contributed by atoms with Crippen LogP contribution in [0.5, 0.6) is 0 Å². The van der Waals surface area contributed by atoms with Crippen molar-refractivity contribution in [3.63, 3.8) is 0 Å². The molecule has 8 heteroatoms. The Kier molecular flexibility index (Phi) is 6.50. The van der Waals surface area contributed by atoms with Crippen LogP contribution >= 0.6 is 0 Å². The lowest BCUT2D eigenvalue weighted by Gasteiger charge is -2.23. The molecular formula is C31H33N5O3. The van der Waals surface area contributed by atoms with E-state index in [4.69, 9.17) is 9.72 Å². The molecule has 0 radical (unpaired) electrons. The number of aryl methyl sites for hydroxylation is 3. The zero-order valence-corrected chi connectivity index (χ0v) is 23.4. The van der Waals surface area contributed by atoms with Gasteiger partial charge in [-0.15, -0.1) is 0 Å². The Morgan fingerprint density at radius 1 is 1.05 bits per heavy atom. The predicted octanol–water partition coefficient (Wildman–Crippen LogP) is 5.99. The van der Waals surface area contributed by atoms with E-state index < -0.39 is 11.6 Å². The lowest BCUT2D eigenvalue weighted by molar-refractivity contribution is 0.00706.